The molecule has 2 aliphatic heterocycles. The first-order valence-electron chi connectivity index (χ1n) is 10.3. The van der Waals surface area contributed by atoms with Gasteiger partial charge in [-0.15, -0.1) is 0 Å². The van der Waals surface area contributed by atoms with Crippen molar-refractivity contribution in [3.05, 3.63) is 64.2 Å². The highest BCUT2D eigenvalue weighted by molar-refractivity contribution is 6.31. The van der Waals surface area contributed by atoms with Gasteiger partial charge in [0, 0.05) is 24.1 Å². The van der Waals surface area contributed by atoms with Crippen LogP contribution in [0.3, 0.4) is 0 Å². The number of ether oxygens (including phenoxy) is 4. The zero-order valence-corrected chi connectivity index (χ0v) is 18.2. The molecule has 168 valence electrons. The van der Waals surface area contributed by atoms with Crippen molar-refractivity contribution in [2.75, 3.05) is 20.3 Å². The Labute approximate surface area is 186 Å². The first kappa shape index (κ1) is 22.5. The van der Waals surface area contributed by atoms with Crippen molar-refractivity contribution in [3.63, 3.8) is 0 Å². The van der Waals surface area contributed by atoms with Gasteiger partial charge in [0.15, 0.2) is 11.9 Å². The summed E-state index contributed by atoms with van der Waals surface area (Å²) in [6.45, 7) is 1.97. The lowest BCUT2D eigenvalue weighted by molar-refractivity contribution is -0.281. The summed E-state index contributed by atoms with van der Waals surface area (Å²) in [5, 5.41) is 31.6. The van der Waals surface area contributed by atoms with Crippen molar-refractivity contribution in [2.45, 2.75) is 49.7 Å². The molecule has 2 bridgehead atoms. The van der Waals surface area contributed by atoms with Crippen molar-refractivity contribution in [2.24, 2.45) is 0 Å². The molecular weight excluding hydrogens is 424 g/mol. The van der Waals surface area contributed by atoms with Gasteiger partial charge in [-0.25, -0.2) is 0 Å². The first-order chi connectivity index (χ1) is 14.9. The molecule has 5 atom stereocenters. The number of methoxy groups -OCH3 is 1. The van der Waals surface area contributed by atoms with E-state index in [1.165, 1.54) is 7.11 Å². The van der Waals surface area contributed by atoms with Crippen LogP contribution in [0.15, 0.2) is 42.5 Å². The third kappa shape index (κ3) is 3.85. The molecule has 0 amide bonds. The zero-order valence-electron chi connectivity index (χ0n) is 17.5. The summed E-state index contributed by atoms with van der Waals surface area (Å²) in [5.41, 5.74) is 0.940. The Morgan fingerprint density at radius 2 is 1.90 bits per heavy atom. The maximum Gasteiger partial charge on any atom is 0.201 e. The van der Waals surface area contributed by atoms with Gasteiger partial charge in [-0.05, 0) is 48.7 Å². The van der Waals surface area contributed by atoms with E-state index in [2.05, 4.69) is 0 Å². The van der Waals surface area contributed by atoms with E-state index in [0.717, 1.165) is 16.9 Å². The van der Waals surface area contributed by atoms with Crippen molar-refractivity contribution in [3.8, 4) is 5.75 Å². The summed E-state index contributed by atoms with van der Waals surface area (Å²) in [5.74, 6) is -0.571. The van der Waals surface area contributed by atoms with Crippen molar-refractivity contribution in [1.29, 1.82) is 0 Å². The van der Waals surface area contributed by atoms with Crippen LogP contribution in [0.5, 0.6) is 5.75 Å². The van der Waals surface area contributed by atoms with Gasteiger partial charge >= 0.3 is 0 Å². The SMILES string of the molecule is CCOc1ccc(Cc2cc([C@@]34CC(O)[C@H](O)C(CO)(O3)[C@H](OC)O4)ccc2Cl)cc1. The van der Waals surface area contributed by atoms with Gasteiger partial charge in [0.25, 0.3) is 0 Å². The molecule has 2 aliphatic rings. The topological polar surface area (TPSA) is 97.6 Å². The minimum atomic E-state index is -1.58. The molecule has 2 unspecified atom stereocenters. The van der Waals surface area contributed by atoms with E-state index < -0.39 is 36.5 Å². The third-order valence-electron chi connectivity index (χ3n) is 5.97. The largest absolute Gasteiger partial charge is 0.494 e. The molecule has 0 saturated carbocycles. The van der Waals surface area contributed by atoms with Gasteiger partial charge in [0.2, 0.25) is 5.79 Å². The number of hydrogen-bond acceptors (Lipinski definition) is 7. The second-order valence-corrected chi connectivity index (χ2v) is 8.34. The summed E-state index contributed by atoms with van der Waals surface area (Å²) in [6.07, 6.45) is -3.01. The fraction of sp³-hybridized carbons (Fsp3) is 0.478. The van der Waals surface area contributed by atoms with Crippen LogP contribution in [0.2, 0.25) is 5.02 Å². The average molecular weight is 451 g/mol. The quantitative estimate of drug-likeness (QED) is 0.595. The second-order valence-electron chi connectivity index (χ2n) is 7.93. The number of benzene rings is 2. The van der Waals surface area contributed by atoms with Crippen molar-refractivity contribution < 1.29 is 34.3 Å². The van der Waals surface area contributed by atoms with E-state index >= 15 is 0 Å². The van der Waals surface area contributed by atoms with Gasteiger partial charge in [-0.2, -0.15) is 0 Å². The molecule has 2 fully saturated rings. The molecule has 0 aliphatic carbocycles. The van der Waals surface area contributed by atoms with E-state index in [9.17, 15) is 15.3 Å². The lowest BCUT2D eigenvalue weighted by Crippen LogP contribution is -2.61. The Kier molecular flexibility index (Phi) is 6.29. The fourth-order valence-electron chi connectivity index (χ4n) is 4.38. The summed E-state index contributed by atoms with van der Waals surface area (Å²) in [7, 11) is 1.40. The molecular formula is C23H27ClO7. The van der Waals surface area contributed by atoms with Crippen molar-refractivity contribution in [1.82, 2.24) is 0 Å². The molecule has 0 spiro atoms. The van der Waals surface area contributed by atoms with E-state index in [4.69, 9.17) is 30.5 Å². The standard InChI is InChI=1S/C23H27ClO7/c1-3-29-17-7-4-14(5-8-17)10-15-11-16(6-9-18(15)24)23-12-19(26)20(27)22(13-25,31-23)21(28-2)30-23/h4-9,11,19-21,25-27H,3,10,12-13H2,1-2H3/t19?,20-,21+,22?,23+/m0/s1. The van der Waals surface area contributed by atoms with Gasteiger partial charge in [0.1, 0.15) is 11.9 Å². The van der Waals surface area contributed by atoms with Crippen LogP contribution < -0.4 is 4.74 Å². The molecule has 7 nitrogen and oxygen atoms in total. The molecule has 2 aromatic rings. The van der Waals surface area contributed by atoms with E-state index in [1.807, 2.05) is 37.3 Å². The summed E-state index contributed by atoms with van der Waals surface area (Å²) in [4.78, 5) is 0. The summed E-state index contributed by atoms with van der Waals surface area (Å²) in [6, 6.07) is 13.2. The Balaban J connectivity index is 1.66. The number of aliphatic hydroxyl groups is 3. The Bertz CT molecular complexity index is 921. The molecule has 2 saturated heterocycles. The molecule has 3 N–H and O–H groups in total. The normalized spacial score (nSPS) is 32.3. The van der Waals surface area contributed by atoms with Gasteiger partial charge in [0.05, 0.1) is 19.3 Å². The molecule has 0 aromatic heterocycles. The monoisotopic (exact) mass is 450 g/mol. The predicted molar refractivity (Wildman–Crippen MR) is 113 cm³/mol. The average Bonchev–Trinajstić information content (AvgIpc) is 3.07. The Hall–Kier alpha value is -1.71. The van der Waals surface area contributed by atoms with E-state index in [-0.39, 0.29) is 6.42 Å². The molecule has 2 heterocycles. The number of halogens is 1. The lowest BCUT2D eigenvalue weighted by atomic mass is 9.85. The first-order valence-corrected chi connectivity index (χ1v) is 10.6. The molecule has 31 heavy (non-hydrogen) atoms. The summed E-state index contributed by atoms with van der Waals surface area (Å²) < 4.78 is 23.0. The molecule has 0 radical (unpaired) electrons. The van der Waals surface area contributed by atoms with Crippen LogP contribution in [-0.2, 0) is 26.4 Å². The van der Waals surface area contributed by atoms with Crippen LogP contribution in [-0.4, -0.2) is 59.7 Å². The number of fused-ring (bicyclic) bond motifs is 2. The highest BCUT2D eigenvalue weighted by atomic mass is 35.5. The van der Waals surface area contributed by atoms with Crippen LogP contribution in [0.1, 0.15) is 30.0 Å². The van der Waals surface area contributed by atoms with Gasteiger partial charge < -0.3 is 34.3 Å². The van der Waals surface area contributed by atoms with Crippen LogP contribution >= 0.6 is 11.6 Å². The Morgan fingerprint density at radius 3 is 2.55 bits per heavy atom. The number of hydrogen-bond donors (Lipinski definition) is 3. The van der Waals surface area contributed by atoms with Gasteiger partial charge in [-0.3, -0.25) is 0 Å². The highest BCUT2D eigenvalue weighted by Gasteiger charge is 2.67. The van der Waals surface area contributed by atoms with Crippen LogP contribution in [0.4, 0.5) is 0 Å². The third-order valence-corrected chi connectivity index (χ3v) is 6.34. The lowest BCUT2D eigenvalue weighted by Gasteiger charge is -2.43. The number of aliphatic hydroxyl groups excluding tert-OH is 3. The highest BCUT2D eigenvalue weighted by Crippen LogP contribution is 2.52. The fourth-order valence-corrected chi connectivity index (χ4v) is 4.57. The van der Waals surface area contributed by atoms with E-state index in [1.54, 1.807) is 12.1 Å². The maximum atomic E-state index is 10.5. The van der Waals surface area contributed by atoms with Crippen LogP contribution in [0.25, 0.3) is 0 Å². The van der Waals surface area contributed by atoms with Gasteiger partial charge in [-0.1, -0.05) is 29.8 Å². The molecule has 8 heteroatoms. The Morgan fingerprint density at radius 1 is 1.16 bits per heavy atom. The minimum absolute atomic E-state index is 0.0140. The summed E-state index contributed by atoms with van der Waals surface area (Å²) >= 11 is 6.47. The van der Waals surface area contributed by atoms with Crippen molar-refractivity contribution >= 4 is 11.6 Å². The maximum absolute atomic E-state index is 10.5. The zero-order chi connectivity index (χ0) is 22.2. The number of rotatable bonds is 7. The smallest absolute Gasteiger partial charge is 0.201 e. The minimum Gasteiger partial charge on any atom is -0.494 e. The molecule has 2 aromatic carbocycles. The molecule has 4 rings (SSSR count). The van der Waals surface area contributed by atoms with E-state index in [0.29, 0.717) is 23.6 Å². The van der Waals surface area contributed by atoms with Crippen LogP contribution in [0, 0.1) is 0 Å². The predicted octanol–water partition coefficient (Wildman–Crippen LogP) is 2.36. The second kappa shape index (κ2) is 8.67.